The number of likely N-dealkylation sites (tertiary alicyclic amines) is 1. The number of nitrogens with zero attached hydrogens (tertiary/aromatic N) is 1. The van der Waals surface area contributed by atoms with E-state index in [-0.39, 0.29) is 36.7 Å². The summed E-state index contributed by atoms with van der Waals surface area (Å²) in [6, 6.07) is 12.2. The third kappa shape index (κ3) is 5.04. The van der Waals surface area contributed by atoms with Gasteiger partial charge in [-0.05, 0) is 84.9 Å². The lowest BCUT2D eigenvalue weighted by Gasteiger charge is -2.45. The molecular weight excluding hydrogens is 443 g/mol. The number of carboxylic acid groups (broad SMARTS) is 1. The molecule has 1 aliphatic heterocycles. The van der Waals surface area contributed by atoms with E-state index in [0.29, 0.717) is 18.6 Å². The normalized spacial score (nSPS) is 30.3. The molecule has 2 saturated carbocycles. The first-order chi connectivity index (χ1) is 16.3. The molecule has 0 amide bonds. The van der Waals surface area contributed by atoms with E-state index in [2.05, 4.69) is 23.1 Å². The lowest BCUT2D eigenvalue weighted by molar-refractivity contribution is -0.185. The van der Waals surface area contributed by atoms with E-state index >= 15 is 0 Å². The van der Waals surface area contributed by atoms with Gasteiger partial charge in [0.2, 0.25) is 0 Å². The molecule has 184 valence electrons. The zero-order chi connectivity index (χ0) is 23.9. The van der Waals surface area contributed by atoms with E-state index in [4.69, 9.17) is 4.74 Å². The summed E-state index contributed by atoms with van der Waals surface area (Å²) < 4.78 is 44.7. The fourth-order valence-corrected chi connectivity index (χ4v) is 6.47. The molecule has 0 aromatic heterocycles. The van der Waals surface area contributed by atoms with Crippen LogP contribution in [0.15, 0.2) is 36.4 Å². The predicted octanol–water partition coefficient (Wildman–Crippen LogP) is 6.27. The predicted molar refractivity (Wildman–Crippen MR) is 124 cm³/mol. The van der Waals surface area contributed by atoms with Crippen LogP contribution in [0.2, 0.25) is 0 Å². The van der Waals surface area contributed by atoms with Crippen molar-refractivity contribution in [2.75, 3.05) is 13.1 Å². The molecule has 3 fully saturated rings. The van der Waals surface area contributed by atoms with Crippen molar-refractivity contribution in [3.63, 3.8) is 0 Å². The number of aliphatic carboxylic acids is 1. The van der Waals surface area contributed by atoms with E-state index in [0.717, 1.165) is 49.7 Å². The Morgan fingerprint density at radius 3 is 2.24 bits per heavy atom. The maximum Gasteiger partial charge on any atom is 0.391 e. The molecule has 34 heavy (non-hydrogen) atoms. The molecule has 0 spiro atoms. The van der Waals surface area contributed by atoms with Crippen LogP contribution in [0.4, 0.5) is 13.2 Å². The van der Waals surface area contributed by atoms with E-state index in [9.17, 15) is 23.1 Å². The third-order valence-corrected chi connectivity index (χ3v) is 8.16. The molecule has 2 aliphatic carbocycles. The maximum atomic E-state index is 12.9. The van der Waals surface area contributed by atoms with Crippen molar-refractivity contribution in [1.82, 2.24) is 4.90 Å². The van der Waals surface area contributed by atoms with E-state index in [1.807, 2.05) is 18.2 Å². The molecule has 2 atom stereocenters. The first-order valence-corrected chi connectivity index (χ1v) is 12.5. The van der Waals surface area contributed by atoms with Gasteiger partial charge < -0.3 is 9.84 Å². The Morgan fingerprint density at radius 1 is 0.941 bits per heavy atom. The summed E-state index contributed by atoms with van der Waals surface area (Å²) in [5.74, 6) is -0.820. The number of ether oxygens (including phenoxy) is 1. The molecule has 4 nitrogen and oxygen atoms in total. The smallest absolute Gasteiger partial charge is 0.391 e. The average Bonchev–Trinajstić information content (AvgIpc) is 2.78. The molecule has 2 bridgehead atoms. The summed E-state index contributed by atoms with van der Waals surface area (Å²) in [5.41, 5.74) is 1.21. The minimum atomic E-state index is -4.10. The molecule has 3 aliphatic rings. The highest BCUT2D eigenvalue weighted by Crippen LogP contribution is 2.41. The van der Waals surface area contributed by atoms with E-state index in [1.165, 1.54) is 5.56 Å². The number of rotatable bonds is 5. The Morgan fingerprint density at radius 2 is 1.59 bits per heavy atom. The third-order valence-electron chi connectivity index (χ3n) is 8.16. The summed E-state index contributed by atoms with van der Waals surface area (Å²) in [4.78, 5) is 14.1. The highest BCUT2D eigenvalue weighted by atomic mass is 19.4. The fourth-order valence-electron chi connectivity index (χ4n) is 6.47. The van der Waals surface area contributed by atoms with Gasteiger partial charge in [0.15, 0.2) is 0 Å². The zero-order valence-corrected chi connectivity index (χ0v) is 19.3. The van der Waals surface area contributed by atoms with Crippen molar-refractivity contribution >= 4 is 16.7 Å². The Labute approximate surface area is 198 Å². The van der Waals surface area contributed by atoms with Crippen LogP contribution in [0.3, 0.4) is 0 Å². The maximum absolute atomic E-state index is 12.9. The lowest BCUT2D eigenvalue weighted by Crippen LogP contribution is -2.50. The van der Waals surface area contributed by atoms with E-state index in [1.54, 1.807) is 0 Å². The molecule has 7 heteroatoms. The van der Waals surface area contributed by atoms with E-state index < -0.39 is 18.1 Å². The van der Waals surface area contributed by atoms with Gasteiger partial charge in [-0.15, -0.1) is 0 Å². The highest BCUT2D eigenvalue weighted by Gasteiger charge is 2.43. The largest absolute Gasteiger partial charge is 0.490 e. The van der Waals surface area contributed by atoms with Crippen LogP contribution < -0.4 is 4.74 Å². The molecule has 1 N–H and O–H groups in total. The zero-order valence-electron chi connectivity index (χ0n) is 19.3. The molecule has 1 saturated heterocycles. The molecular formula is C27H32F3NO3. The van der Waals surface area contributed by atoms with Gasteiger partial charge in [-0.1, -0.05) is 24.6 Å². The number of carboxylic acids is 1. The van der Waals surface area contributed by atoms with Crippen LogP contribution in [-0.4, -0.2) is 41.3 Å². The summed E-state index contributed by atoms with van der Waals surface area (Å²) in [5, 5.41) is 11.8. The minimum Gasteiger partial charge on any atom is -0.490 e. The standard InChI is InChI=1S/C27H32F3NO3/c28-27(29,30)22-7-10-23(11-8-22)34-24-9-6-18-12-17(4-5-19(18)13-24)14-31-15-20-2-1-3-21(16-31)25(20)26(32)33/h4-6,9,12-13,20-23,25H,1-3,7-8,10-11,14-16H2,(H,32,33). The summed E-state index contributed by atoms with van der Waals surface area (Å²) in [6.07, 6.45) is 0.0120. The molecule has 5 rings (SSSR count). The van der Waals surface area contributed by atoms with Gasteiger partial charge >= 0.3 is 12.1 Å². The molecule has 1 heterocycles. The number of hydrogen-bond acceptors (Lipinski definition) is 3. The van der Waals surface area contributed by atoms with Gasteiger partial charge in [0.1, 0.15) is 5.75 Å². The quantitative estimate of drug-likeness (QED) is 0.554. The van der Waals surface area contributed by atoms with Gasteiger partial charge in [0, 0.05) is 19.6 Å². The second-order valence-electron chi connectivity index (χ2n) is 10.5. The number of fused-ring (bicyclic) bond motifs is 3. The second kappa shape index (κ2) is 9.40. The van der Waals surface area contributed by atoms with Crippen LogP contribution >= 0.6 is 0 Å². The molecule has 2 aromatic rings. The van der Waals surface area contributed by atoms with Crippen LogP contribution in [-0.2, 0) is 11.3 Å². The van der Waals surface area contributed by atoms with Gasteiger partial charge in [0.05, 0.1) is 17.9 Å². The number of alkyl halides is 3. The first-order valence-electron chi connectivity index (χ1n) is 12.5. The highest BCUT2D eigenvalue weighted by molar-refractivity contribution is 5.84. The van der Waals surface area contributed by atoms with Crippen LogP contribution in [0.25, 0.3) is 10.8 Å². The van der Waals surface area contributed by atoms with Gasteiger partial charge in [-0.2, -0.15) is 13.2 Å². The summed E-state index contributed by atoms with van der Waals surface area (Å²) >= 11 is 0. The number of carbonyl (C=O) groups is 1. The van der Waals surface area contributed by atoms with Crippen LogP contribution in [0.5, 0.6) is 5.75 Å². The molecule has 2 unspecified atom stereocenters. The number of halogens is 3. The Hall–Kier alpha value is -2.28. The lowest BCUT2D eigenvalue weighted by atomic mass is 9.69. The number of piperidine rings is 1. The van der Waals surface area contributed by atoms with Crippen LogP contribution in [0.1, 0.15) is 50.5 Å². The number of hydrogen-bond donors (Lipinski definition) is 1. The van der Waals surface area contributed by atoms with Crippen molar-refractivity contribution in [3.05, 3.63) is 42.0 Å². The SMILES string of the molecule is O=C(O)C1C2CCCC1CN(Cc1ccc3cc(OC4CCC(C(F)(F)F)CC4)ccc3c1)C2. The van der Waals surface area contributed by atoms with Crippen molar-refractivity contribution in [3.8, 4) is 5.75 Å². The van der Waals surface area contributed by atoms with Crippen LogP contribution in [0, 0.1) is 23.7 Å². The van der Waals surface area contributed by atoms with Gasteiger partial charge in [-0.3, -0.25) is 9.69 Å². The van der Waals surface area contributed by atoms with Gasteiger partial charge in [0.25, 0.3) is 0 Å². The fraction of sp³-hybridized carbons (Fsp3) is 0.593. The Kier molecular flexibility index (Phi) is 6.49. The second-order valence-corrected chi connectivity index (χ2v) is 10.5. The van der Waals surface area contributed by atoms with Gasteiger partial charge in [-0.25, -0.2) is 0 Å². The first kappa shape index (κ1) is 23.5. The summed E-state index contributed by atoms with van der Waals surface area (Å²) in [7, 11) is 0. The molecule has 2 aromatic carbocycles. The van der Waals surface area contributed by atoms with Crippen molar-refractivity contribution in [2.45, 2.75) is 63.8 Å². The average molecular weight is 476 g/mol. The van der Waals surface area contributed by atoms with Crippen molar-refractivity contribution in [2.24, 2.45) is 23.7 Å². The minimum absolute atomic E-state index is 0.135. The van der Waals surface area contributed by atoms with Crippen molar-refractivity contribution in [1.29, 1.82) is 0 Å². The topological polar surface area (TPSA) is 49.8 Å². The molecule has 0 radical (unpaired) electrons. The Balaban J connectivity index is 1.21. The summed E-state index contributed by atoms with van der Waals surface area (Å²) in [6.45, 7) is 2.50. The monoisotopic (exact) mass is 475 g/mol. The van der Waals surface area contributed by atoms with Crippen molar-refractivity contribution < 1.29 is 27.8 Å². The Bertz CT molecular complexity index is 1020. The number of benzene rings is 2.